The molecule has 1 aliphatic heterocycles. The highest BCUT2D eigenvalue weighted by Gasteiger charge is 2.26. The first-order valence-electron chi connectivity index (χ1n) is 21.6. The van der Waals surface area contributed by atoms with Gasteiger partial charge in [-0.2, -0.15) is 0 Å². The quantitative estimate of drug-likeness (QED) is 0.157. The fraction of sp³-hybridized carbons (Fsp3) is 0.0339. The Morgan fingerprint density at radius 3 is 1.43 bits per heavy atom. The maximum absolute atomic E-state index is 5.27. The number of hydrogen-bond acceptors (Lipinski definition) is 2. The van der Waals surface area contributed by atoms with E-state index >= 15 is 0 Å². The summed E-state index contributed by atoms with van der Waals surface area (Å²) in [5, 5.41) is 5.00. The molecule has 63 heavy (non-hydrogen) atoms. The molecule has 11 aromatic rings. The normalized spacial score (nSPS) is 14.1. The molecule has 2 aromatic heterocycles. The van der Waals surface area contributed by atoms with Crippen molar-refractivity contribution in [3.63, 3.8) is 0 Å². The van der Waals surface area contributed by atoms with Gasteiger partial charge in [-0.25, -0.2) is 4.99 Å². The van der Waals surface area contributed by atoms with Crippen LogP contribution in [-0.2, 0) is 0 Å². The lowest BCUT2D eigenvalue weighted by Gasteiger charge is -2.33. The third-order valence-electron chi connectivity index (χ3n) is 12.8. The summed E-state index contributed by atoms with van der Waals surface area (Å²) < 4.78 is 4.81. The number of aliphatic imine (C=N–C) groups is 1. The van der Waals surface area contributed by atoms with Crippen LogP contribution in [0.15, 0.2) is 236 Å². The predicted octanol–water partition coefficient (Wildman–Crippen LogP) is 14.7. The molecule has 1 aliphatic rings. The summed E-state index contributed by atoms with van der Waals surface area (Å²) in [4.78, 5) is 7.56. The second-order valence-corrected chi connectivity index (χ2v) is 16.5. The number of rotatable bonds is 7. The predicted molar refractivity (Wildman–Crippen MR) is 264 cm³/mol. The van der Waals surface area contributed by atoms with Gasteiger partial charge in [-0.05, 0) is 94.1 Å². The summed E-state index contributed by atoms with van der Waals surface area (Å²) in [7, 11) is 2.15. The molecule has 0 spiro atoms. The summed E-state index contributed by atoms with van der Waals surface area (Å²) in [6.45, 7) is 0. The van der Waals surface area contributed by atoms with E-state index in [9.17, 15) is 0 Å². The minimum atomic E-state index is 0.0552. The molecule has 0 aliphatic carbocycles. The van der Waals surface area contributed by atoms with Crippen molar-refractivity contribution in [2.45, 2.75) is 6.04 Å². The largest absolute Gasteiger partial charge is 0.349 e. The van der Waals surface area contributed by atoms with Crippen molar-refractivity contribution in [1.82, 2.24) is 14.0 Å². The number of nitrogens with zero attached hydrogens (tertiary/aromatic N) is 4. The van der Waals surface area contributed by atoms with Crippen LogP contribution in [0, 0.1) is 0 Å². The molecule has 0 saturated heterocycles. The van der Waals surface area contributed by atoms with Gasteiger partial charge in [0.2, 0.25) is 0 Å². The second kappa shape index (κ2) is 15.1. The topological polar surface area (TPSA) is 25.5 Å². The van der Waals surface area contributed by atoms with Crippen molar-refractivity contribution in [2.24, 2.45) is 4.99 Å². The summed E-state index contributed by atoms with van der Waals surface area (Å²) in [6, 6.07) is 81.1. The molecule has 0 fully saturated rings. The monoisotopic (exact) mass is 806 g/mol. The average molecular weight is 807 g/mol. The molecule has 9 aromatic carbocycles. The lowest BCUT2D eigenvalue weighted by molar-refractivity contribution is 0.435. The maximum Gasteiger partial charge on any atom is 0.137 e. The Kier molecular flexibility index (Phi) is 8.75. The summed E-state index contributed by atoms with van der Waals surface area (Å²) in [5.41, 5.74) is 16.2. The second-order valence-electron chi connectivity index (χ2n) is 16.5. The van der Waals surface area contributed by atoms with Crippen LogP contribution >= 0.6 is 0 Å². The fourth-order valence-corrected chi connectivity index (χ4v) is 9.73. The molecule has 0 amide bonds. The van der Waals surface area contributed by atoms with Gasteiger partial charge < -0.3 is 14.0 Å². The van der Waals surface area contributed by atoms with Gasteiger partial charge in [-0.15, -0.1) is 0 Å². The lowest BCUT2D eigenvalue weighted by atomic mass is 9.96. The number of fused-ring (bicyclic) bond motifs is 6. The van der Waals surface area contributed by atoms with Crippen molar-refractivity contribution in [1.29, 1.82) is 0 Å². The zero-order chi connectivity index (χ0) is 41.9. The van der Waals surface area contributed by atoms with Crippen molar-refractivity contribution in [3.8, 4) is 33.6 Å². The number of likely N-dealkylation sites (N-methyl/N-ethyl adjacent to an activating group) is 1. The van der Waals surface area contributed by atoms with Crippen molar-refractivity contribution >= 4 is 55.1 Å². The van der Waals surface area contributed by atoms with Gasteiger partial charge in [-0.3, -0.25) is 0 Å². The first-order valence-corrected chi connectivity index (χ1v) is 21.6. The van der Waals surface area contributed by atoms with Crippen LogP contribution < -0.4 is 0 Å². The van der Waals surface area contributed by atoms with Crippen LogP contribution in [0.4, 0.5) is 0 Å². The van der Waals surface area contributed by atoms with Crippen LogP contribution in [-0.4, -0.2) is 26.9 Å². The molecule has 12 rings (SSSR count). The van der Waals surface area contributed by atoms with E-state index in [1.165, 1.54) is 65.9 Å². The number of aromatic nitrogens is 2. The Morgan fingerprint density at radius 2 is 0.810 bits per heavy atom. The molecule has 298 valence electrons. The smallest absolute Gasteiger partial charge is 0.137 e. The van der Waals surface area contributed by atoms with E-state index in [-0.39, 0.29) is 6.04 Å². The Morgan fingerprint density at radius 1 is 0.349 bits per heavy atom. The SMILES string of the molecule is CN1C(c2cccc(-c3ccc(-c4ccc5c(c4)c4ccccc4n5-c4cccc(-n5c6ccccc6c6ccccc65)c4)cc3)c2)=NC(c2ccccc2)=CC1c1ccccc1. The third-order valence-corrected chi connectivity index (χ3v) is 12.8. The van der Waals surface area contributed by atoms with E-state index in [4.69, 9.17) is 4.99 Å². The van der Waals surface area contributed by atoms with Gasteiger partial charge in [0, 0.05) is 45.5 Å². The Hall–Kier alpha value is -8.21. The van der Waals surface area contributed by atoms with Crippen LogP contribution in [0.5, 0.6) is 0 Å². The number of para-hydroxylation sites is 3. The van der Waals surface area contributed by atoms with E-state index < -0.39 is 0 Å². The van der Waals surface area contributed by atoms with E-state index in [0.29, 0.717) is 0 Å². The third kappa shape index (κ3) is 6.26. The zero-order valence-corrected chi connectivity index (χ0v) is 34.8. The molecule has 4 nitrogen and oxygen atoms in total. The van der Waals surface area contributed by atoms with Crippen molar-refractivity contribution in [3.05, 3.63) is 247 Å². The van der Waals surface area contributed by atoms with E-state index in [1.54, 1.807) is 0 Å². The van der Waals surface area contributed by atoms with Gasteiger partial charge >= 0.3 is 0 Å². The van der Waals surface area contributed by atoms with Crippen molar-refractivity contribution in [2.75, 3.05) is 7.05 Å². The Bertz CT molecular complexity index is 3520. The summed E-state index contributed by atoms with van der Waals surface area (Å²) >= 11 is 0. The first-order chi connectivity index (χ1) is 31.2. The van der Waals surface area contributed by atoms with Crippen LogP contribution in [0.1, 0.15) is 22.7 Å². The first kappa shape index (κ1) is 36.6. The fourth-order valence-electron chi connectivity index (χ4n) is 9.73. The number of amidine groups is 1. The van der Waals surface area contributed by atoms with E-state index in [1.807, 2.05) is 0 Å². The molecule has 3 heterocycles. The Labute approximate surface area is 366 Å². The molecular weight excluding hydrogens is 765 g/mol. The molecule has 0 bridgehead atoms. The summed E-state index contributed by atoms with van der Waals surface area (Å²) in [6.07, 6.45) is 2.28. The molecule has 1 unspecified atom stereocenters. The van der Waals surface area contributed by atoms with Crippen LogP contribution in [0.25, 0.3) is 82.9 Å². The molecular formula is C59H42N4. The Balaban J connectivity index is 0.888. The van der Waals surface area contributed by atoms with Gasteiger partial charge in [0.25, 0.3) is 0 Å². The lowest BCUT2D eigenvalue weighted by Crippen LogP contribution is -2.33. The number of benzene rings is 9. The highest BCUT2D eigenvalue weighted by molar-refractivity contribution is 6.11. The standard InChI is InChI=1S/C59H42N4/c1-61-58(43-18-6-3-7-19-43)39-53(42-16-4-2-5-17-42)60-59(61)46-21-14-20-44(36-46)40-30-32-41(33-31-40)45-34-35-57-52(37-45)51-26-10-13-29-56(51)63(57)48-23-15-22-47(38-48)62-54-27-11-8-24-49(54)50-25-9-12-28-55(50)62/h2-39,58H,1H3. The highest BCUT2D eigenvalue weighted by atomic mass is 15.2. The zero-order valence-electron chi connectivity index (χ0n) is 34.8. The van der Waals surface area contributed by atoms with Gasteiger partial charge in [0.05, 0.1) is 33.8 Å². The van der Waals surface area contributed by atoms with Gasteiger partial charge in [0.1, 0.15) is 5.84 Å². The molecule has 0 N–H and O–H groups in total. The minimum absolute atomic E-state index is 0.0552. The van der Waals surface area contributed by atoms with E-state index in [0.717, 1.165) is 39.6 Å². The summed E-state index contributed by atoms with van der Waals surface area (Å²) in [5.74, 6) is 0.953. The molecule has 0 radical (unpaired) electrons. The van der Waals surface area contributed by atoms with E-state index in [2.05, 4.69) is 252 Å². The van der Waals surface area contributed by atoms with Gasteiger partial charge in [0.15, 0.2) is 0 Å². The van der Waals surface area contributed by atoms with Crippen LogP contribution in [0.3, 0.4) is 0 Å². The minimum Gasteiger partial charge on any atom is -0.349 e. The van der Waals surface area contributed by atoms with Crippen molar-refractivity contribution < 1.29 is 0 Å². The highest BCUT2D eigenvalue weighted by Crippen LogP contribution is 2.38. The van der Waals surface area contributed by atoms with Gasteiger partial charge in [-0.1, -0.05) is 170 Å². The molecule has 1 atom stereocenters. The number of hydrogen-bond donors (Lipinski definition) is 0. The molecule has 4 heteroatoms. The molecule has 0 saturated carbocycles. The average Bonchev–Trinajstić information content (AvgIpc) is 3.87. The maximum atomic E-state index is 5.27. The van der Waals surface area contributed by atoms with Crippen LogP contribution in [0.2, 0.25) is 0 Å².